The quantitative estimate of drug-likeness (QED) is 0.792. The van der Waals surface area contributed by atoms with Crippen molar-refractivity contribution < 1.29 is 13.2 Å². The number of carbonyl (C=O) groups excluding carboxylic acids is 1. The monoisotopic (exact) mass is 412 g/mol. The van der Waals surface area contributed by atoms with Crippen LogP contribution in [0.15, 0.2) is 54.6 Å². The SMILES string of the molecule is CC1(C(=O)N2CCC(NS(C)(=O)=O)C2Cc2cccc(-c3ccccc3)c2)CC1. The molecular weight excluding hydrogens is 384 g/mol. The van der Waals surface area contributed by atoms with Gasteiger partial charge < -0.3 is 4.90 Å². The van der Waals surface area contributed by atoms with Crippen LogP contribution in [0.2, 0.25) is 0 Å². The van der Waals surface area contributed by atoms with Crippen LogP contribution in [0.5, 0.6) is 0 Å². The average Bonchev–Trinajstić information content (AvgIpc) is 3.34. The van der Waals surface area contributed by atoms with Crippen molar-refractivity contribution in [3.8, 4) is 11.1 Å². The van der Waals surface area contributed by atoms with Gasteiger partial charge >= 0.3 is 0 Å². The number of likely N-dealkylation sites (tertiary alicyclic amines) is 1. The number of amides is 1. The number of sulfonamides is 1. The highest BCUT2D eigenvalue weighted by molar-refractivity contribution is 7.88. The highest BCUT2D eigenvalue weighted by Gasteiger charge is 2.51. The summed E-state index contributed by atoms with van der Waals surface area (Å²) in [4.78, 5) is 15.0. The van der Waals surface area contributed by atoms with Crippen molar-refractivity contribution in [1.82, 2.24) is 9.62 Å². The fourth-order valence-electron chi connectivity index (χ4n) is 4.27. The Morgan fingerprint density at radius 2 is 1.79 bits per heavy atom. The topological polar surface area (TPSA) is 66.5 Å². The molecule has 2 atom stereocenters. The van der Waals surface area contributed by atoms with Crippen molar-refractivity contribution >= 4 is 15.9 Å². The molecule has 29 heavy (non-hydrogen) atoms. The van der Waals surface area contributed by atoms with Crippen molar-refractivity contribution in [3.63, 3.8) is 0 Å². The molecule has 0 spiro atoms. The first-order valence-corrected chi connectivity index (χ1v) is 12.1. The van der Waals surface area contributed by atoms with E-state index >= 15 is 0 Å². The number of rotatable bonds is 6. The molecule has 1 N–H and O–H groups in total. The first-order valence-electron chi connectivity index (χ1n) is 10.2. The summed E-state index contributed by atoms with van der Waals surface area (Å²) >= 11 is 0. The molecule has 0 aromatic heterocycles. The molecule has 4 rings (SSSR count). The second-order valence-corrected chi connectivity index (χ2v) is 10.5. The Labute approximate surface area is 173 Å². The molecule has 1 saturated heterocycles. The molecule has 1 amide bonds. The molecule has 0 bridgehead atoms. The predicted octanol–water partition coefficient (Wildman–Crippen LogP) is 3.21. The Kier molecular flexibility index (Phi) is 5.25. The van der Waals surface area contributed by atoms with Gasteiger partial charge in [0, 0.05) is 18.0 Å². The second-order valence-electron chi connectivity index (χ2n) is 8.68. The van der Waals surface area contributed by atoms with E-state index in [9.17, 15) is 13.2 Å². The molecule has 0 radical (unpaired) electrons. The lowest BCUT2D eigenvalue weighted by atomic mass is 9.96. The van der Waals surface area contributed by atoms with Crippen LogP contribution in [0.4, 0.5) is 0 Å². The van der Waals surface area contributed by atoms with E-state index in [0.29, 0.717) is 19.4 Å². The number of hydrogen-bond acceptors (Lipinski definition) is 3. The first kappa shape index (κ1) is 20.1. The van der Waals surface area contributed by atoms with Gasteiger partial charge in [0.1, 0.15) is 0 Å². The van der Waals surface area contributed by atoms with Crippen LogP contribution in [0, 0.1) is 5.41 Å². The third-order valence-corrected chi connectivity index (χ3v) is 6.90. The lowest BCUT2D eigenvalue weighted by Crippen LogP contribution is -2.49. The van der Waals surface area contributed by atoms with Gasteiger partial charge in [0.2, 0.25) is 15.9 Å². The van der Waals surface area contributed by atoms with Crippen LogP contribution >= 0.6 is 0 Å². The van der Waals surface area contributed by atoms with E-state index in [2.05, 4.69) is 35.1 Å². The molecule has 2 unspecified atom stereocenters. The van der Waals surface area contributed by atoms with Gasteiger partial charge in [-0.05, 0) is 42.4 Å². The lowest BCUT2D eigenvalue weighted by Gasteiger charge is -2.30. The zero-order chi connectivity index (χ0) is 20.6. The summed E-state index contributed by atoms with van der Waals surface area (Å²) in [6.07, 6.45) is 4.31. The van der Waals surface area contributed by atoms with Crippen LogP contribution in [-0.2, 0) is 21.2 Å². The standard InChI is InChI=1S/C23H28N2O3S/c1-23(12-13-23)22(26)25-14-11-20(24-29(2,27)28)21(25)16-17-7-6-10-19(15-17)18-8-4-3-5-9-18/h3-10,15,20-21,24H,11-14,16H2,1-2H3. The molecule has 2 aromatic rings. The molecule has 1 heterocycles. The molecule has 2 aliphatic rings. The van der Waals surface area contributed by atoms with Crippen LogP contribution in [0.3, 0.4) is 0 Å². The van der Waals surface area contributed by atoms with E-state index in [1.165, 1.54) is 6.26 Å². The van der Waals surface area contributed by atoms with Crippen molar-refractivity contribution in [2.75, 3.05) is 12.8 Å². The van der Waals surface area contributed by atoms with Crippen molar-refractivity contribution in [3.05, 3.63) is 60.2 Å². The fourth-order valence-corrected chi connectivity index (χ4v) is 5.09. The maximum Gasteiger partial charge on any atom is 0.228 e. The summed E-state index contributed by atoms with van der Waals surface area (Å²) in [6, 6.07) is 18.1. The zero-order valence-electron chi connectivity index (χ0n) is 17.0. The highest BCUT2D eigenvalue weighted by atomic mass is 32.2. The Bertz CT molecular complexity index is 1000. The van der Waals surface area contributed by atoms with Crippen molar-refractivity contribution in [1.29, 1.82) is 0 Å². The van der Waals surface area contributed by atoms with E-state index in [4.69, 9.17) is 0 Å². The number of hydrogen-bond donors (Lipinski definition) is 1. The van der Waals surface area contributed by atoms with Gasteiger partial charge in [-0.15, -0.1) is 0 Å². The highest BCUT2D eigenvalue weighted by Crippen LogP contribution is 2.47. The molecule has 1 aliphatic heterocycles. The maximum atomic E-state index is 13.1. The first-order chi connectivity index (χ1) is 13.8. The average molecular weight is 413 g/mol. The molecule has 1 aliphatic carbocycles. The van der Waals surface area contributed by atoms with Gasteiger partial charge in [-0.2, -0.15) is 0 Å². The molecular formula is C23H28N2O3S. The normalized spacial score (nSPS) is 23.2. The molecule has 2 aromatic carbocycles. The van der Waals surface area contributed by atoms with Gasteiger partial charge in [-0.1, -0.05) is 61.5 Å². The Balaban J connectivity index is 1.61. The van der Waals surface area contributed by atoms with Crippen LogP contribution in [-0.4, -0.2) is 44.1 Å². The van der Waals surface area contributed by atoms with Gasteiger partial charge in [0.05, 0.1) is 12.3 Å². The summed E-state index contributed by atoms with van der Waals surface area (Å²) in [5.41, 5.74) is 3.12. The minimum absolute atomic E-state index is 0.166. The zero-order valence-corrected chi connectivity index (χ0v) is 17.8. The minimum atomic E-state index is -3.34. The number of nitrogens with zero attached hydrogens (tertiary/aromatic N) is 1. The van der Waals surface area contributed by atoms with Gasteiger partial charge in [-0.25, -0.2) is 13.1 Å². The largest absolute Gasteiger partial charge is 0.337 e. The van der Waals surface area contributed by atoms with Gasteiger partial charge in [0.15, 0.2) is 0 Å². The second kappa shape index (κ2) is 7.58. The van der Waals surface area contributed by atoms with Crippen LogP contribution < -0.4 is 4.72 Å². The summed E-state index contributed by atoms with van der Waals surface area (Å²) in [5.74, 6) is 0.166. The minimum Gasteiger partial charge on any atom is -0.337 e. The third kappa shape index (κ3) is 4.54. The predicted molar refractivity (Wildman–Crippen MR) is 115 cm³/mol. The van der Waals surface area contributed by atoms with Gasteiger partial charge in [0.25, 0.3) is 0 Å². The molecule has 2 fully saturated rings. The number of benzene rings is 2. The third-order valence-electron chi connectivity index (χ3n) is 6.17. The summed E-state index contributed by atoms with van der Waals surface area (Å²) in [7, 11) is -3.34. The number of carbonyl (C=O) groups is 1. The van der Waals surface area contributed by atoms with Crippen LogP contribution in [0.1, 0.15) is 31.7 Å². The van der Waals surface area contributed by atoms with Crippen LogP contribution in [0.25, 0.3) is 11.1 Å². The van der Waals surface area contributed by atoms with Gasteiger partial charge in [-0.3, -0.25) is 4.79 Å². The lowest BCUT2D eigenvalue weighted by molar-refractivity contribution is -0.137. The molecule has 154 valence electrons. The maximum absolute atomic E-state index is 13.1. The van der Waals surface area contributed by atoms with Crippen molar-refractivity contribution in [2.24, 2.45) is 5.41 Å². The van der Waals surface area contributed by atoms with E-state index in [0.717, 1.165) is 29.5 Å². The molecule has 1 saturated carbocycles. The van der Waals surface area contributed by atoms with E-state index in [1.807, 2.05) is 36.1 Å². The fraction of sp³-hybridized carbons (Fsp3) is 0.435. The number of nitrogens with one attached hydrogen (secondary N) is 1. The Hall–Kier alpha value is -2.18. The Morgan fingerprint density at radius 3 is 2.45 bits per heavy atom. The smallest absolute Gasteiger partial charge is 0.228 e. The summed E-state index contributed by atoms with van der Waals surface area (Å²) < 4.78 is 26.6. The van der Waals surface area contributed by atoms with E-state index in [1.54, 1.807) is 0 Å². The molecule has 5 nitrogen and oxygen atoms in total. The Morgan fingerprint density at radius 1 is 1.10 bits per heavy atom. The molecule has 6 heteroatoms. The van der Waals surface area contributed by atoms with E-state index in [-0.39, 0.29) is 23.4 Å². The summed E-state index contributed by atoms with van der Waals surface area (Å²) in [5, 5.41) is 0. The van der Waals surface area contributed by atoms with E-state index < -0.39 is 10.0 Å². The summed E-state index contributed by atoms with van der Waals surface area (Å²) in [6.45, 7) is 2.62. The van der Waals surface area contributed by atoms with Crippen molar-refractivity contribution in [2.45, 2.75) is 44.7 Å².